The molecule has 1 N–H and O–H groups in total. The van der Waals surface area contributed by atoms with E-state index in [1.807, 2.05) is 18.2 Å². The van der Waals surface area contributed by atoms with Crippen LogP contribution in [-0.4, -0.2) is 32.7 Å². The smallest absolute Gasteiger partial charge is 0.256 e. The maximum atomic E-state index is 13.4. The van der Waals surface area contributed by atoms with Crippen LogP contribution >= 0.6 is 11.6 Å². The third-order valence-electron chi connectivity index (χ3n) is 5.23. The van der Waals surface area contributed by atoms with Gasteiger partial charge in [0.15, 0.2) is 9.84 Å². The van der Waals surface area contributed by atoms with Crippen LogP contribution in [0.1, 0.15) is 10.4 Å². The van der Waals surface area contributed by atoms with Crippen LogP contribution in [-0.2, 0) is 9.84 Å². The van der Waals surface area contributed by atoms with E-state index in [-0.39, 0.29) is 4.90 Å². The number of amides is 1. The Bertz CT molecular complexity index is 1470. The molecule has 0 spiro atoms. The minimum Gasteiger partial charge on any atom is -0.496 e. The highest BCUT2D eigenvalue weighted by atomic mass is 35.5. The zero-order valence-electron chi connectivity index (χ0n) is 18.4. The second-order valence-corrected chi connectivity index (χ2v) is 9.97. The summed E-state index contributed by atoms with van der Waals surface area (Å²) in [4.78, 5) is 17.8. The van der Waals surface area contributed by atoms with Crippen molar-refractivity contribution in [2.24, 2.45) is 0 Å². The SMILES string of the molecule is COc1ccccc1-c1cc(S(C)(=O)=O)ccc1C(=O)Nc1ccc(Cl)c(-c2ccccn2)c1. The van der Waals surface area contributed by atoms with Crippen molar-refractivity contribution in [3.05, 3.63) is 95.6 Å². The Morgan fingerprint density at radius 1 is 0.912 bits per heavy atom. The van der Waals surface area contributed by atoms with E-state index in [0.29, 0.717) is 44.4 Å². The lowest BCUT2D eigenvalue weighted by molar-refractivity contribution is 0.102. The molecule has 0 unspecified atom stereocenters. The molecule has 6 nitrogen and oxygen atoms in total. The molecule has 1 amide bonds. The second-order valence-electron chi connectivity index (χ2n) is 7.54. The first kappa shape index (κ1) is 23.5. The van der Waals surface area contributed by atoms with Crippen LogP contribution in [0.4, 0.5) is 5.69 Å². The molecule has 4 rings (SSSR count). The van der Waals surface area contributed by atoms with E-state index in [2.05, 4.69) is 10.3 Å². The average Bonchev–Trinajstić information content (AvgIpc) is 2.84. The minimum absolute atomic E-state index is 0.105. The molecule has 3 aromatic carbocycles. The predicted molar refractivity (Wildman–Crippen MR) is 134 cm³/mol. The highest BCUT2D eigenvalue weighted by Crippen LogP contribution is 2.35. The minimum atomic E-state index is -3.49. The highest BCUT2D eigenvalue weighted by Gasteiger charge is 2.20. The van der Waals surface area contributed by atoms with Crippen molar-refractivity contribution in [3.8, 4) is 28.1 Å². The van der Waals surface area contributed by atoms with Crippen molar-refractivity contribution >= 4 is 33.0 Å². The number of sulfone groups is 1. The molecule has 0 bridgehead atoms. The number of anilines is 1. The molecule has 0 fully saturated rings. The van der Waals surface area contributed by atoms with Gasteiger partial charge in [-0.05, 0) is 60.2 Å². The van der Waals surface area contributed by atoms with Crippen molar-refractivity contribution in [1.82, 2.24) is 4.98 Å². The van der Waals surface area contributed by atoms with Crippen LogP contribution < -0.4 is 10.1 Å². The Morgan fingerprint density at radius 3 is 2.38 bits per heavy atom. The maximum Gasteiger partial charge on any atom is 0.256 e. The summed E-state index contributed by atoms with van der Waals surface area (Å²) >= 11 is 6.36. The molecule has 0 atom stereocenters. The number of para-hydroxylation sites is 1. The first-order valence-electron chi connectivity index (χ1n) is 10.3. The summed E-state index contributed by atoms with van der Waals surface area (Å²) in [6.45, 7) is 0. The second kappa shape index (κ2) is 9.67. The number of carbonyl (C=O) groups is 1. The molecule has 0 aliphatic carbocycles. The van der Waals surface area contributed by atoms with E-state index >= 15 is 0 Å². The van der Waals surface area contributed by atoms with Crippen molar-refractivity contribution in [3.63, 3.8) is 0 Å². The molecule has 0 aliphatic rings. The number of hydrogen-bond acceptors (Lipinski definition) is 5. The summed E-state index contributed by atoms with van der Waals surface area (Å²) < 4.78 is 29.8. The Hall–Kier alpha value is -3.68. The van der Waals surface area contributed by atoms with Crippen LogP contribution in [0.15, 0.2) is 90.0 Å². The van der Waals surface area contributed by atoms with Gasteiger partial charge in [0, 0.05) is 34.8 Å². The van der Waals surface area contributed by atoms with E-state index in [1.54, 1.807) is 48.7 Å². The number of nitrogens with zero attached hydrogens (tertiary/aromatic N) is 1. The number of benzene rings is 3. The number of rotatable bonds is 6. The van der Waals surface area contributed by atoms with Gasteiger partial charge in [0.05, 0.1) is 22.7 Å². The monoisotopic (exact) mass is 492 g/mol. The zero-order valence-corrected chi connectivity index (χ0v) is 20.0. The number of carbonyl (C=O) groups excluding carboxylic acids is 1. The van der Waals surface area contributed by atoms with E-state index in [9.17, 15) is 13.2 Å². The van der Waals surface area contributed by atoms with Crippen molar-refractivity contribution < 1.29 is 17.9 Å². The third kappa shape index (κ3) is 4.95. The van der Waals surface area contributed by atoms with Gasteiger partial charge in [-0.25, -0.2) is 8.42 Å². The zero-order chi connectivity index (χ0) is 24.3. The van der Waals surface area contributed by atoms with Gasteiger partial charge in [-0.15, -0.1) is 0 Å². The van der Waals surface area contributed by atoms with Gasteiger partial charge in [0.2, 0.25) is 0 Å². The fourth-order valence-electron chi connectivity index (χ4n) is 3.56. The molecule has 1 aromatic heterocycles. The van der Waals surface area contributed by atoms with Crippen molar-refractivity contribution in [2.45, 2.75) is 4.90 Å². The lowest BCUT2D eigenvalue weighted by Gasteiger charge is -2.15. The Kier molecular flexibility index (Phi) is 6.68. The molecule has 8 heteroatoms. The largest absolute Gasteiger partial charge is 0.496 e. The Labute approximate surface area is 203 Å². The summed E-state index contributed by atoms with van der Waals surface area (Å²) in [5.41, 5.74) is 3.22. The van der Waals surface area contributed by atoms with E-state index in [4.69, 9.17) is 16.3 Å². The molecule has 0 radical (unpaired) electrons. The molecule has 0 saturated heterocycles. The summed E-state index contributed by atoms with van der Waals surface area (Å²) in [5, 5.41) is 3.39. The van der Waals surface area contributed by atoms with Crippen LogP contribution in [0.5, 0.6) is 5.75 Å². The molecule has 0 saturated carbocycles. The summed E-state index contributed by atoms with van der Waals surface area (Å²) in [6, 6.07) is 22.2. The number of aromatic nitrogens is 1. The highest BCUT2D eigenvalue weighted by molar-refractivity contribution is 7.90. The van der Waals surface area contributed by atoms with E-state index in [1.165, 1.54) is 25.3 Å². The van der Waals surface area contributed by atoms with E-state index < -0.39 is 15.7 Å². The van der Waals surface area contributed by atoms with Crippen LogP contribution in [0.2, 0.25) is 5.02 Å². The van der Waals surface area contributed by atoms with Crippen molar-refractivity contribution in [2.75, 3.05) is 18.7 Å². The quantitative estimate of drug-likeness (QED) is 0.371. The topological polar surface area (TPSA) is 85.4 Å². The van der Waals surface area contributed by atoms with Gasteiger partial charge >= 0.3 is 0 Å². The number of hydrogen-bond donors (Lipinski definition) is 1. The van der Waals surface area contributed by atoms with Gasteiger partial charge in [-0.3, -0.25) is 9.78 Å². The van der Waals surface area contributed by atoms with Gasteiger partial charge in [-0.1, -0.05) is 35.9 Å². The number of pyridine rings is 1. The third-order valence-corrected chi connectivity index (χ3v) is 6.67. The number of methoxy groups -OCH3 is 1. The van der Waals surface area contributed by atoms with Crippen molar-refractivity contribution in [1.29, 1.82) is 0 Å². The first-order chi connectivity index (χ1) is 16.3. The average molecular weight is 493 g/mol. The van der Waals surface area contributed by atoms with E-state index in [0.717, 1.165) is 6.26 Å². The molecular formula is C26H21ClN2O4S. The predicted octanol–water partition coefficient (Wildman–Crippen LogP) is 5.73. The van der Waals surface area contributed by atoms with Gasteiger partial charge in [0.1, 0.15) is 5.75 Å². The molecular weight excluding hydrogens is 472 g/mol. The lowest BCUT2D eigenvalue weighted by Crippen LogP contribution is -2.14. The Balaban J connectivity index is 1.77. The standard InChI is InChI=1S/C26H21ClN2O4S/c1-33-25-9-4-3-7-19(25)21-16-18(34(2,31)32)11-12-20(21)26(30)29-17-10-13-23(27)22(15-17)24-8-5-6-14-28-24/h3-16H,1-2H3,(H,29,30). The van der Waals surface area contributed by atoms with Gasteiger partial charge in [0.25, 0.3) is 5.91 Å². The van der Waals surface area contributed by atoms with Gasteiger partial charge in [-0.2, -0.15) is 0 Å². The molecule has 0 aliphatic heterocycles. The molecule has 172 valence electrons. The summed E-state index contributed by atoms with van der Waals surface area (Å²) in [5.74, 6) is 0.112. The number of ether oxygens (including phenoxy) is 1. The fourth-order valence-corrected chi connectivity index (χ4v) is 4.42. The Morgan fingerprint density at radius 2 is 1.68 bits per heavy atom. The molecule has 4 aromatic rings. The van der Waals surface area contributed by atoms with Crippen LogP contribution in [0.3, 0.4) is 0 Å². The van der Waals surface area contributed by atoms with Gasteiger partial charge < -0.3 is 10.1 Å². The van der Waals surface area contributed by atoms with Crippen LogP contribution in [0, 0.1) is 0 Å². The lowest BCUT2D eigenvalue weighted by atomic mass is 9.98. The summed E-state index contributed by atoms with van der Waals surface area (Å²) in [6.07, 6.45) is 2.79. The first-order valence-corrected chi connectivity index (χ1v) is 12.5. The normalized spacial score (nSPS) is 11.1. The molecule has 34 heavy (non-hydrogen) atoms. The summed E-state index contributed by atoms with van der Waals surface area (Å²) in [7, 11) is -1.97. The molecule has 1 heterocycles. The fraction of sp³-hybridized carbons (Fsp3) is 0.0769. The van der Waals surface area contributed by atoms with Crippen LogP contribution in [0.25, 0.3) is 22.4 Å². The number of halogens is 1. The maximum absolute atomic E-state index is 13.4. The number of nitrogens with one attached hydrogen (secondary N) is 1.